The molecule has 0 aliphatic rings. The lowest BCUT2D eigenvalue weighted by Gasteiger charge is -2.06. The molecular weight excluding hydrogens is 308 g/mol. The van der Waals surface area contributed by atoms with Gasteiger partial charge < -0.3 is 4.74 Å². The van der Waals surface area contributed by atoms with Crippen molar-refractivity contribution in [2.75, 3.05) is 7.11 Å². The summed E-state index contributed by atoms with van der Waals surface area (Å²) in [6.07, 6.45) is 3.64. The third kappa shape index (κ3) is 3.94. The van der Waals surface area contributed by atoms with Crippen LogP contribution in [0.3, 0.4) is 0 Å². The Morgan fingerprint density at radius 2 is 1.74 bits per heavy atom. The lowest BCUT2D eigenvalue weighted by atomic mass is 10.2. The predicted molar refractivity (Wildman–Crippen MR) is 90.8 cm³/mol. The van der Waals surface area contributed by atoms with Crippen molar-refractivity contribution in [3.63, 3.8) is 0 Å². The van der Waals surface area contributed by atoms with E-state index in [4.69, 9.17) is 4.74 Å². The molecule has 1 atom stereocenters. The normalized spacial score (nSPS) is 12.2. The molecule has 0 amide bonds. The summed E-state index contributed by atoms with van der Waals surface area (Å²) in [4.78, 5) is 0.834. The molecule has 0 saturated carbocycles. The second-order valence-electron chi connectivity index (χ2n) is 5.18. The smallest absolute Gasteiger partial charge is 0.0713 e. The number of methoxy groups -OCH3 is 1. The van der Waals surface area contributed by atoms with Crippen LogP contribution in [0.15, 0.2) is 71.9 Å². The summed E-state index contributed by atoms with van der Waals surface area (Å²) >= 11 is 0. The topological polar surface area (TPSA) is 44.1 Å². The molecule has 0 fully saturated rings. The van der Waals surface area contributed by atoms with Crippen LogP contribution in [0.4, 0.5) is 0 Å². The van der Waals surface area contributed by atoms with E-state index in [0.717, 1.165) is 21.7 Å². The van der Waals surface area contributed by atoms with Crippen molar-refractivity contribution in [1.29, 1.82) is 0 Å². The van der Waals surface area contributed by atoms with Gasteiger partial charge in [0.05, 0.1) is 28.8 Å². The van der Waals surface area contributed by atoms with Crippen molar-refractivity contribution in [3.8, 4) is 5.69 Å². The molecule has 0 saturated heterocycles. The molecule has 0 radical (unpaired) electrons. The molecular formula is C18H18N2O2S. The first-order chi connectivity index (χ1) is 11.3. The van der Waals surface area contributed by atoms with Crippen LogP contribution in [0.25, 0.3) is 5.69 Å². The van der Waals surface area contributed by atoms with Gasteiger partial charge in [0.1, 0.15) is 0 Å². The van der Waals surface area contributed by atoms with E-state index in [-0.39, 0.29) is 0 Å². The molecule has 118 valence electrons. The standard InChI is InChI=1S/C18H18N2O2S/c1-22-13-15-5-9-18(10-6-15)23(21)14-16-3-7-17(8-4-16)20-12-2-11-19-20/h2-12H,13-14H2,1H3. The van der Waals surface area contributed by atoms with Crippen LogP contribution in [0.5, 0.6) is 0 Å². The first-order valence-electron chi connectivity index (χ1n) is 7.31. The van der Waals surface area contributed by atoms with Crippen molar-refractivity contribution in [2.45, 2.75) is 17.3 Å². The molecule has 1 heterocycles. The Bertz CT molecular complexity index is 766. The van der Waals surface area contributed by atoms with Crippen LogP contribution in [-0.2, 0) is 27.9 Å². The summed E-state index contributed by atoms with van der Waals surface area (Å²) in [5.41, 5.74) is 3.12. The van der Waals surface area contributed by atoms with Gasteiger partial charge in [-0.1, -0.05) is 24.3 Å². The zero-order valence-corrected chi connectivity index (χ0v) is 13.7. The van der Waals surface area contributed by atoms with E-state index in [1.807, 2.05) is 60.8 Å². The highest BCUT2D eigenvalue weighted by molar-refractivity contribution is 7.84. The molecule has 0 N–H and O–H groups in total. The number of benzene rings is 2. The fourth-order valence-electron chi connectivity index (χ4n) is 2.31. The summed E-state index contributed by atoms with van der Waals surface area (Å²) in [6, 6.07) is 17.6. The lowest BCUT2D eigenvalue weighted by molar-refractivity contribution is 0.185. The summed E-state index contributed by atoms with van der Waals surface area (Å²) in [5.74, 6) is 0.503. The molecule has 2 aromatic carbocycles. The van der Waals surface area contributed by atoms with Crippen molar-refractivity contribution in [2.24, 2.45) is 0 Å². The van der Waals surface area contributed by atoms with Crippen molar-refractivity contribution < 1.29 is 8.95 Å². The Hall–Kier alpha value is -2.24. The molecule has 0 aliphatic heterocycles. The maximum absolute atomic E-state index is 12.5. The quantitative estimate of drug-likeness (QED) is 0.698. The number of nitrogens with zero attached hydrogens (tertiary/aromatic N) is 2. The van der Waals surface area contributed by atoms with Gasteiger partial charge in [-0.25, -0.2) is 4.68 Å². The molecule has 4 nitrogen and oxygen atoms in total. The fourth-order valence-corrected chi connectivity index (χ4v) is 3.41. The van der Waals surface area contributed by atoms with Crippen LogP contribution in [0.1, 0.15) is 11.1 Å². The first-order valence-corrected chi connectivity index (χ1v) is 8.63. The van der Waals surface area contributed by atoms with Gasteiger partial charge in [-0.05, 0) is 41.5 Å². The van der Waals surface area contributed by atoms with Gasteiger partial charge in [-0.2, -0.15) is 5.10 Å². The van der Waals surface area contributed by atoms with Gasteiger partial charge in [0.15, 0.2) is 0 Å². The Labute approximate surface area is 138 Å². The van der Waals surface area contributed by atoms with E-state index in [9.17, 15) is 4.21 Å². The Morgan fingerprint density at radius 3 is 2.35 bits per heavy atom. The Morgan fingerprint density at radius 1 is 1.04 bits per heavy atom. The summed E-state index contributed by atoms with van der Waals surface area (Å²) < 4.78 is 19.3. The van der Waals surface area contributed by atoms with E-state index < -0.39 is 10.8 Å². The minimum Gasteiger partial charge on any atom is -0.380 e. The highest BCUT2D eigenvalue weighted by atomic mass is 32.2. The SMILES string of the molecule is COCc1ccc(S(=O)Cc2ccc(-n3cccn3)cc2)cc1. The molecule has 0 bridgehead atoms. The van der Waals surface area contributed by atoms with Crippen LogP contribution < -0.4 is 0 Å². The largest absolute Gasteiger partial charge is 0.380 e. The number of rotatable bonds is 6. The maximum Gasteiger partial charge on any atom is 0.0713 e. The van der Waals surface area contributed by atoms with Gasteiger partial charge >= 0.3 is 0 Å². The average molecular weight is 326 g/mol. The van der Waals surface area contributed by atoms with E-state index in [1.165, 1.54) is 0 Å². The first kappa shape index (κ1) is 15.6. The fraction of sp³-hybridized carbons (Fsp3) is 0.167. The third-order valence-corrected chi connectivity index (χ3v) is 4.89. The van der Waals surface area contributed by atoms with Crippen LogP contribution >= 0.6 is 0 Å². The van der Waals surface area contributed by atoms with Gasteiger partial charge in [-0.3, -0.25) is 4.21 Å². The van der Waals surface area contributed by atoms with E-state index >= 15 is 0 Å². The van der Waals surface area contributed by atoms with Crippen LogP contribution in [-0.4, -0.2) is 21.1 Å². The summed E-state index contributed by atoms with van der Waals surface area (Å²) in [6.45, 7) is 0.571. The summed E-state index contributed by atoms with van der Waals surface area (Å²) in [7, 11) is 0.612. The van der Waals surface area contributed by atoms with Crippen molar-refractivity contribution in [1.82, 2.24) is 9.78 Å². The summed E-state index contributed by atoms with van der Waals surface area (Å²) in [5, 5.41) is 4.19. The molecule has 1 aromatic heterocycles. The Balaban J connectivity index is 1.67. The van der Waals surface area contributed by atoms with Gasteiger partial charge in [0.2, 0.25) is 0 Å². The van der Waals surface area contributed by atoms with Crippen LogP contribution in [0.2, 0.25) is 0 Å². The number of hydrogen-bond acceptors (Lipinski definition) is 3. The van der Waals surface area contributed by atoms with Crippen LogP contribution in [0, 0.1) is 0 Å². The zero-order valence-electron chi connectivity index (χ0n) is 12.9. The molecule has 3 aromatic rings. The maximum atomic E-state index is 12.5. The minimum absolute atomic E-state index is 0.503. The van der Waals surface area contributed by atoms with E-state index in [2.05, 4.69) is 5.10 Å². The second kappa shape index (κ2) is 7.35. The van der Waals surface area contributed by atoms with Gasteiger partial charge in [-0.15, -0.1) is 0 Å². The molecule has 23 heavy (non-hydrogen) atoms. The Kier molecular flexibility index (Phi) is 5.00. The van der Waals surface area contributed by atoms with E-state index in [1.54, 1.807) is 18.0 Å². The van der Waals surface area contributed by atoms with Gasteiger partial charge in [0.25, 0.3) is 0 Å². The molecule has 0 aliphatic carbocycles. The molecule has 0 spiro atoms. The van der Waals surface area contributed by atoms with Crippen molar-refractivity contribution in [3.05, 3.63) is 78.1 Å². The third-order valence-electron chi connectivity index (χ3n) is 3.50. The number of ether oxygens (including phenoxy) is 1. The van der Waals surface area contributed by atoms with Crippen molar-refractivity contribution >= 4 is 10.8 Å². The molecule has 1 unspecified atom stereocenters. The monoisotopic (exact) mass is 326 g/mol. The van der Waals surface area contributed by atoms with E-state index in [0.29, 0.717) is 12.4 Å². The highest BCUT2D eigenvalue weighted by Gasteiger charge is 2.06. The molecule has 5 heteroatoms. The zero-order chi connectivity index (χ0) is 16.1. The lowest BCUT2D eigenvalue weighted by Crippen LogP contribution is -1.99. The molecule has 3 rings (SSSR count). The minimum atomic E-state index is -1.05. The average Bonchev–Trinajstić information content (AvgIpc) is 3.11. The number of hydrogen-bond donors (Lipinski definition) is 0. The second-order valence-corrected chi connectivity index (χ2v) is 6.64. The predicted octanol–water partition coefficient (Wildman–Crippen LogP) is 3.33. The number of aromatic nitrogens is 2. The van der Waals surface area contributed by atoms with Gasteiger partial charge in [0, 0.05) is 24.4 Å². The highest BCUT2D eigenvalue weighted by Crippen LogP contribution is 2.15.